The Hall–Kier alpha value is -1.51. The Morgan fingerprint density at radius 3 is 3.00 bits per heavy atom. The molecule has 2 N–H and O–H groups in total. The minimum Gasteiger partial charge on any atom is -0.397 e. The second-order valence-electron chi connectivity index (χ2n) is 2.13. The maximum absolute atomic E-state index is 5.60. The normalized spacial score (nSPS) is 12.8. The monoisotopic (exact) mass is 132 g/mol. The van der Waals surface area contributed by atoms with Crippen molar-refractivity contribution in [1.29, 1.82) is 0 Å². The lowest BCUT2D eigenvalue weighted by atomic mass is 10.2. The smallest absolute Gasteiger partial charge is 0.117 e. The SMILES string of the molecule is Nc1cccc2c1[N]N=C2. The molecule has 0 saturated heterocycles. The molecule has 3 heteroatoms. The topological polar surface area (TPSA) is 52.5 Å². The minimum atomic E-state index is 0.690. The van der Waals surface area contributed by atoms with Crippen LogP contribution >= 0.6 is 0 Å². The zero-order valence-corrected chi connectivity index (χ0v) is 5.28. The maximum atomic E-state index is 5.60. The zero-order valence-electron chi connectivity index (χ0n) is 5.28. The summed E-state index contributed by atoms with van der Waals surface area (Å²) in [6.07, 6.45) is 1.70. The molecule has 0 bridgehead atoms. The van der Waals surface area contributed by atoms with E-state index in [0.29, 0.717) is 5.69 Å². The van der Waals surface area contributed by atoms with Crippen LogP contribution in [-0.4, -0.2) is 6.21 Å². The lowest BCUT2D eigenvalue weighted by Gasteiger charge is -1.97. The molecule has 0 aliphatic carbocycles. The van der Waals surface area contributed by atoms with Gasteiger partial charge in [-0.05, 0) is 6.07 Å². The van der Waals surface area contributed by atoms with Gasteiger partial charge in [-0.15, -0.1) is 5.43 Å². The number of rotatable bonds is 0. The highest BCUT2D eigenvalue weighted by Crippen LogP contribution is 2.24. The fraction of sp³-hybridized carbons (Fsp3) is 0. The Labute approximate surface area is 58.5 Å². The van der Waals surface area contributed by atoms with E-state index < -0.39 is 0 Å². The van der Waals surface area contributed by atoms with Crippen LogP contribution in [0, 0.1) is 0 Å². The molecule has 0 unspecified atom stereocenters. The summed E-state index contributed by atoms with van der Waals surface area (Å²) in [4.78, 5) is 0. The average Bonchev–Trinajstić information content (AvgIpc) is 2.36. The molecule has 2 rings (SSSR count). The van der Waals surface area contributed by atoms with Crippen LogP contribution in [0.15, 0.2) is 23.3 Å². The summed E-state index contributed by atoms with van der Waals surface area (Å²) in [5.74, 6) is 0. The Morgan fingerprint density at radius 1 is 1.30 bits per heavy atom. The highest BCUT2D eigenvalue weighted by Gasteiger charge is 2.08. The van der Waals surface area contributed by atoms with E-state index in [0.717, 1.165) is 11.3 Å². The molecule has 0 saturated carbocycles. The molecular formula is C7H6N3. The van der Waals surface area contributed by atoms with Gasteiger partial charge in [0.2, 0.25) is 0 Å². The molecule has 10 heavy (non-hydrogen) atoms. The van der Waals surface area contributed by atoms with Gasteiger partial charge in [0, 0.05) is 5.56 Å². The van der Waals surface area contributed by atoms with Crippen molar-refractivity contribution in [2.24, 2.45) is 5.10 Å². The molecule has 1 radical (unpaired) electrons. The van der Waals surface area contributed by atoms with Gasteiger partial charge >= 0.3 is 0 Å². The number of nitrogens with zero attached hydrogens (tertiary/aromatic N) is 2. The predicted molar refractivity (Wildman–Crippen MR) is 40.2 cm³/mol. The number of nitrogen functional groups attached to an aromatic ring is 1. The van der Waals surface area contributed by atoms with Crippen molar-refractivity contribution in [3.05, 3.63) is 23.8 Å². The quantitative estimate of drug-likeness (QED) is 0.523. The van der Waals surface area contributed by atoms with E-state index in [-0.39, 0.29) is 0 Å². The molecule has 1 heterocycles. The van der Waals surface area contributed by atoms with Crippen molar-refractivity contribution in [3.63, 3.8) is 0 Å². The Balaban J connectivity index is 2.66. The molecule has 49 valence electrons. The molecule has 0 spiro atoms. The maximum Gasteiger partial charge on any atom is 0.117 e. The molecule has 1 aromatic carbocycles. The first-order valence-corrected chi connectivity index (χ1v) is 3.00. The molecule has 0 atom stereocenters. The zero-order chi connectivity index (χ0) is 6.97. The first-order valence-electron chi connectivity index (χ1n) is 3.00. The predicted octanol–water partition coefficient (Wildman–Crippen LogP) is 0.852. The van der Waals surface area contributed by atoms with Crippen LogP contribution in [0.1, 0.15) is 5.56 Å². The third-order valence-corrected chi connectivity index (χ3v) is 1.45. The van der Waals surface area contributed by atoms with Crippen LogP contribution in [0.3, 0.4) is 0 Å². The largest absolute Gasteiger partial charge is 0.397 e. The molecule has 1 aliphatic heterocycles. The lowest BCUT2D eigenvalue weighted by Crippen LogP contribution is -1.91. The van der Waals surface area contributed by atoms with Crippen LogP contribution in [-0.2, 0) is 0 Å². The summed E-state index contributed by atoms with van der Waals surface area (Å²) in [5, 5.41) is 3.73. The van der Waals surface area contributed by atoms with Gasteiger partial charge in [0.1, 0.15) is 5.69 Å². The second-order valence-corrected chi connectivity index (χ2v) is 2.13. The third kappa shape index (κ3) is 0.572. The number of benzene rings is 1. The van der Waals surface area contributed by atoms with E-state index in [1.54, 1.807) is 6.21 Å². The summed E-state index contributed by atoms with van der Waals surface area (Å²) >= 11 is 0. The van der Waals surface area contributed by atoms with E-state index in [1.165, 1.54) is 0 Å². The van der Waals surface area contributed by atoms with E-state index in [9.17, 15) is 0 Å². The Kier molecular flexibility index (Phi) is 0.917. The first-order chi connectivity index (χ1) is 4.88. The number of hydrogen-bond acceptors (Lipinski definition) is 2. The summed E-state index contributed by atoms with van der Waals surface area (Å²) in [6.45, 7) is 0. The minimum absolute atomic E-state index is 0.690. The first kappa shape index (κ1) is 5.29. The lowest BCUT2D eigenvalue weighted by molar-refractivity contribution is 0.994. The fourth-order valence-corrected chi connectivity index (χ4v) is 0.948. The number of hydrogen-bond donors (Lipinski definition) is 1. The number of nitrogens with two attached hydrogens (primary N) is 1. The van der Waals surface area contributed by atoms with E-state index >= 15 is 0 Å². The summed E-state index contributed by atoms with van der Waals surface area (Å²) in [7, 11) is 0. The van der Waals surface area contributed by atoms with E-state index in [1.807, 2.05) is 18.2 Å². The van der Waals surface area contributed by atoms with Gasteiger partial charge < -0.3 is 5.73 Å². The Morgan fingerprint density at radius 2 is 2.20 bits per heavy atom. The van der Waals surface area contributed by atoms with Crippen molar-refractivity contribution in [2.45, 2.75) is 0 Å². The molecule has 0 fully saturated rings. The van der Waals surface area contributed by atoms with Gasteiger partial charge in [-0.3, -0.25) is 0 Å². The van der Waals surface area contributed by atoms with E-state index in [4.69, 9.17) is 5.73 Å². The molecule has 0 aromatic heterocycles. The van der Waals surface area contributed by atoms with Gasteiger partial charge in [0.15, 0.2) is 0 Å². The van der Waals surface area contributed by atoms with Gasteiger partial charge in [0.05, 0.1) is 11.9 Å². The van der Waals surface area contributed by atoms with Crippen LogP contribution in [0.2, 0.25) is 0 Å². The summed E-state index contributed by atoms with van der Waals surface area (Å²) in [5.41, 5.74) is 11.9. The Bertz CT molecular complexity index is 291. The molecule has 1 aromatic rings. The average molecular weight is 132 g/mol. The summed E-state index contributed by atoms with van der Waals surface area (Å²) < 4.78 is 0. The second kappa shape index (κ2) is 1.73. The fourth-order valence-electron chi connectivity index (χ4n) is 0.948. The van der Waals surface area contributed by atoms with Gasteiger partial charge in [-0.1, -0.05) is 12.1 Å². The van der Waals surface area contributed by atoms with Gasteiger partial charge in [-0.2, -0.15) is 5.10 Å². The van der Waals surface area contributed by atoms with Crippen LogP contribution in [0.4, 0.5) is 11.4 Å². The number of anilines is 1. The van der Waals surface area contributed by atoms with Crippen LogP contribution < -0.4 is 11.2 Å². The van der Waals surface area contributed by atoms with Gasteiger partial charge in [0.25, 0.3) is 0 Å². The number of fused-ring (bicyclic) bond motifs is 1. The van der Waals surface area contributed by atoms with Crippen molar-refractivity contribution in [1.82, 2.24) is 5.43 Å². The van der Waals surface area contributed by atoms with Crippen molar-refractivity contribution in [2.75, 3.05) is 5.73 Å². The standard InChI is InChI=1S/C7H6N3/c8-6-3-1-2-5-4-9-10-7(5)6/h1-4H,8H2. The van der Waals surface area contributed by atoms with Crippen molar-refractivity contribution >= 4 is 17.6 Å². The molecular weight excluding hydrogens is 126 g/mol. The van der Waals surface area contributed by atoms with Crippen LogP contribution in [0.5, 0.6) is 0 Å². The molecule has 3 nitrogen and oxygen atoms in total. The molecule has 1 aliphatic rings. The highest BCUT2D eigenvalue weighted by molar-refractivity contribution is 5.93. The molecule has 0 amide bonds. The van der Waals surface area contributed by atoms with Crippen LogP contribution in [0.25, 0.3) is 0 Å². The van der Waals surface area contributed by atoms with Crippen molar-refractivity contribution < 1.29 is 0 Å². The van der Waals surface area contributed by atoms with Gasteiger partial charge in [-0.25, -0.2) is 0 Å². The highest BCUT2D eigenvalue weighted by atomic mass is 15.3. The summed E-state index contributed by atoms with van der Waals surface area (Å²) in [6, 6.07) is 5.64. The third-order valence-electron chi connectivity index (χ3n) is 1.45. The van der Waals surface area contributed by atoms with E-state index in [2.05, 4.69) is 10.5 Å². The van der Waals surface area contributed by atoms with Crippen molar-refractivity contribution in [3.8, 4) is 0 Å².